The summed E-state index contributed by atoms with van der Waals surface area (Å²) >= 11 is 0. The summed E-state index contributed by atoms with van der Waals surface area (Å²) in [5.41, 5.74) is 3.10. The third kappa shape index (κ3) is 4.77. The smallest absolute Gasteiger partial charge is 0.308 e. The number of hydrogen-bond donors (Lipinski definition) is 2. The zero-order chi connectivity index (χ0) is 16.2. The van der Waals surface area contributed by atoms with Gasteiger partial charge in [0.1, 0.15) is 5.75 Å². The Morgan fingerprint density at radius 3 is 2.19 bits per heavy atom. The molecule has 0 aliphatic carbocycles. The molecule has 116 valence electrons. The number of carbonyl (C=O) groups is 2. The van der Waals surface area contributed by atoms with E-state index < -0.39 is 17.9 Å². The van der Waals surface area contributed by atoms with Gasteiger partial charge in [0.25, 0.3) is 5.91 Å². The van der Waals surface area contributed by atoms with Crippen LogP contribution < -0.4 is 10.1 Å². The number of nitrogens with one attached hydrogen (secondary N) is 1. The number of aliphatic carboxylic acids is 1. The number of hydrogen-bond acceptors (Lipinski definition) is 3. The predicted molar refractivity (Wildman–Crippen MR) is 80.6 cm³/mol. The Kier molecular flexibility index (Phi) is 5.76. The minimum Gasteiger partial charge on any atom is -0.483 e. The Morgan fingerprint density at radius 2 is 1.71 bits per heavy atom. The van der Waals surface area contributed by atoms with E-state index in [9.17, 15) is 9.59 Å². The molecule has 0 aliphatic rings. The summed E-state index contributed by atoms with van der Waals surface area (Å²) in [6, 6.07) is 3.55. The lowest BCUT2D eigenvalue weighted by molar-refractivity contribution is -0.142. The van der Waals surface area contributed by atoms with Crippen molar-refractivity contribution in [1.82, 2.24) is 5.32 Å². The van der Waals surface area contributed by atoms with Gasteiger partial charge < -0.3 is 15.2 Å². The van der Waals surface area contributed by atoms with Gasteiger partial charge in [-0.25, -0.2) is 0 Å². The lowest BCUT2D eigenvalue weighted by atomic mass is 10.0. The summed E-state index contributed by atoms with van der Waals surface area (Å²) in [4.78, 5) is 22.7. The fourth-order valence-electron chi connectivity index (χ4n) is 2.17. The molecule has 2 atom stereocenters. The highest BCUT2D eigenvalue weighted by Crippen LogP contribution is 2.24. The number of amides is 1. The molecular weight excluding hydrogens is 270 g/mol. The first kappa shape index (κ1) is 17.0. The molecule has 0 radical (unpaired) electrons. The molecule has 0 heterocycles. The molecule has 0 bridgehead atoms. The molecule has 5 heteroatoms. The van der Waals surface area contributed by atoms with E-state index in [0.29, 0.717) is 5.75 Å². The van der Waals surface area contributed by atoms with E-state index in [1.807, 2.05) is 32.9 Å². The van der Waals surface area contributed by atoms with E-state index in [2.05, 4.69) is 5.32 Å². The SMILES string of the molecule is Cc1cc(C)c(OCC(=O)NC(C)C(C)C(=O)O)c(C)c1. The zero-order valence-electron chi connectivity index (χ0n) is 13.2. The Morgan fingerprint density at radius 1 is 1.19 bits per heavy atom. The molecule has 0 saturated heterocycles. The van der Waals surface area contributed by atoms with Crippen LogP contribution in [0.25, 0.3) is 0 Å². The Bertz CT molecular complexity index is 516. The first-order valence-electron chi connectivity index (χ1n) is 6.95. The minimum absolute atomic E-state index is 0.124. The summed E-state index contributed by atoms with van der Waals surface area (Å²) in [6.07, 6.45) is 0. The highest BCUT2D eigenvalue weighted by molar-refractivity contribution is 5.79. The van der Waals surface area contributed by atoms with E-state index in [1.54, 1.807) is 13.8 Å². The first-order valence-corrected chi connectivity index (χ1v) is 6.95. The Hall–Kier alpha value is -2.04. The Labute approximate surface area is 125 Å². The monoisotopic (exact) mass is 293 g/mol. The van der Waals surface area contributed by atoms with Crippen molar-refractivity contribution < 1.29 is 19.4 Å². The lowest BCUT2D eigenvalue weighted by Crippen LogP contribution is -2.42. The van der Waals surface area contributed by atoms with E-state index >= 15 is 0 Å². The molecule has 0 aromatic heterocycles. The van der Waals surface area contributed by atoms with Crippen LogP contribution in [-0.2, 0) is 9.59 Å². The second-order valence-electron chi connectivity index (χ2n) is 5.50. The van der Waals surface area contributed by atoms with Crippen LogP contribution in [0.15, 0.2) is 12.1 Å². The number of benzene rings is 1. The van der Waals surface area contributed by atoms with Gasteiger partial charge in [-0.15, -0.1) is 0 Å². The van der Waals surface area contributed by atoms with Gasteiger partial charge in [0.15, 0.2) is 6.61 Å². The molecule has 1 aromatic rings. The van der Waals surface area contributed by atoms with E-state index in [-0.39, 0.29) is 12.5 Å². The van der Waals surface area contributed by atoms with Crippen molar-refractivity contribution in [3.8, 4) is 5.75 Å². The van der Waals surface area contributed by atoms with Gasteiger partial charge in [-0.05, 0) is 45.7 Å². The van der Waals surface area contributed by atoms with Gasteiger partial charge in [0.05, 0.1) is 5.92 Å². The molecule has 2 unspecified atom stereocenters. The summed E-state index contributed by atoms with van der Waals surface area (Å²) in [7, 11) is 0. The number of aryl methyl sites for hydroxylation is 3. The van der Waals surface area contributed by atoms with Gasteiger partial charge in [-0.3, -0.25) is 9.59 Å². The van der Waals surface area contributed by atoms with E-state index in [4.69, 9.17) is 9.84 Å². The van der Waals surface area contributed by atoms with Crippen molar-refractivity contribution in [3.63, 3.8) is 0 Å². The lowest BCUT2D eigenvalue weighted by Gasteiger charge is -2.18. The predicted octanol–water partition coefficient (Wildman–Crippen LogP) is 2.22. The van der Waals surface area contributed by atoms with Crippen LogP contribution in [0.2, 0.25) is 0 Å². The van der Waals surface area contributed by atoms with Gasteiger partial charge >= 0.3 is 5.97 Å². The number of carboxylic acid groups (broad SMARTS) is 1. The maximum absolute atomic E-state index is 11.8. The normalized spacial score (nSPS) is 13.4. The largest absolute Gasteiger partial charge is 0.483 e. The molecule has 1 aromatic carbocycles. The Balaban J connectivity index is 2.60. The fourth-order valence-corrected chi connectivity index (χ4v) is 2.17. The summed E-state index contributed by atoms with van der Waals surface area (Å²) in [5, 5.41) is 11.5. The number of carboxylic acids is 1. The van der Waals surface area contributed by atoms with E-state index in [1.165, 1.54) is 0 Å². The molecule has 1 rings (SSSR count). The zero-order valence-corrected chi connectivity index (χ0v) is 13.2. The topological polar surface area (TPSA) is 75.6 Å². The number of carbonyl (C=O) groups excluding carboxylic acids is 1. The quantitative estimate of drug-likeness (QED) is 0.843. The summed E-state index contributed by atoms with van der Waals surface area (Å²) in [6.45, 7) is 8.97. The van der Waals surface area contributed by atoms with Crippen molar-refractivity contribution in [1.29, 1.82) is 0 Å². The van der Waals surface area contributed by atoms with Crippen molar-refractivity contribution in [3.05, 3.63) is 28.8 Å². The highest BCUT2D eigenvalue weighted by atomic mass is 16.5. The van der Waals surface area contributed by atoms with Crippen molar-refractivity contribution in [2.24, 2.45) is 5.92 Å². The first-order chi connectivity index (χ1) is 9.72. The van der Waals surface area contributed by atoms with Crippen LogP contribution >= 0.6 is 0 Å². The molecule has 0 aliphatic heterocycles. The molecule has 1 amide bonds. The summed E-state index contributed by atoms with van der Waals surface area (Å²) in [5.74, 6) is -1.20. The van der Waals surface area contributed by atoms with Crippen LogP contribution in [0.3, 0.4) is 0 Å². The van der Waals surface area contributed by atoms with Crippen LogP contribution in [0.4, 0.5) is 0 Å². The molecule has 0 spiro atoms. The van der Waals surface area contributed by atoms with Crippen LogP contribution in [0, 0.1) is 26.7 Å². The van der Waals surface area contributed by atoms with Crippen LogP contribution in [0.1, 0.15) is 30.5 Å². The standard InChI is InChI=1S/C16H23NO4/c1-9-6-10(2)15(11(3)7-9)21-8-14(18)17-13(5)12(4)16(19)20/h6-7,12-13H,8H2,1-5H3,(H,17,18)(H,19,20). The van der Waals surface area contributed by atoms with Gasteiger partial charge in [-0.1, -0.05) is 17.7 Å². The van der Waals surface area contributed by atoms with E-state index in [0.717, 1.165) is 16.7 Å². The number of ether oxygens (including phenoxy) is 1. The number of rotatable bonds is 6. The van der Waals surface area contributed by atoms with Crippen LogP contribution in [-0.4, -0.2) is 29.6 Å². The van der Waals surface area contributed by atoms with Crippen molar-refractivity contribution in [2.75, 3.05) is 6.61 Å². The van der Waals surface area contributed by atoms with Gasteiger partial charge in [0, 0.05) is 6.04 Å². The second kappa shape index (κ2) is 7.11. The molecule has 0 fully saturated rings. The molecule has 5 nitrogen and oxygen atoms in total. The average Bonchev–Trinajstić information content (AvgIpc) is 2.36. The highest BCUT2D eigenvalue weighted by Gasteiger charge is 2.21. The third-order valence-corrected chi connectivity index (χ3v) is 3.48. The van der Waals surface area contributed by atoms with Crippen molar-refractivity contribution in [2.45, 2.75) is 40.7 Å². The average molecular weight is 293 g/mol. The molecule has 21 heavy (non-hydrogen) atoms. The summed E-state index contributed by atoms with van der Waals surface area (Å²) < 4.78 is 5.57. The maximum Gasteiger partial charge on any atom is 0.308 e. The maximum atomic E-state index is 11.8. The molecule has 2 N–H and O–H groups in total. The van der Waals surface area contributed by atoms with Gasteiger partial charge in [-0.2, -0.15) is 0 Å². The van der Waals surface area contributed by atoms with Gasteiger partial charge in [0.2, 0.25) is 0 Å². The second-order valence-corrected chi connectivity index (χ2v) is 5.50. The molecular formula is C16H23NO4. The third-order valence-electron chi connectivity index (χ3n) is 3.48. The minimum atomic E-state index is -0.936. The van der Waals surface area contributed by atoms with Crippen molar-refractivity contribution >= 4 is 11.9 Å². The van der Waals surface area contributed by atoms with Crippen LogP contribution in [0.5, 0.6) is 5.75 Å². The molecule has 0 saturated carbocycles. The fraction of sp³-hybridized carbons (Fsp3) is 0.500.